The van der Waals surface area contributed by atoms with E-state index < -0.39 is 11.4 Å². The number of hydrogen-bond acceptors (Lipinski definition) is 9. The smallest absolute Gasteiger partial charge is 0.320 e. The summed E-state index contributed by atoms with van der Waals surface area (Å²) in [6.45, 7) is 7.29. The monoisotopic (exact) mass is 572 g/mol. The fraction of sp³-hybridized carbons (Fsp3) is 0.483. The molecule has 0 radical (unpaired) electrons. The first kappa shape index (κ1) is 28.3. The van der Waals surface area contributed by atoms with Crippen LogP contribution >= 0.6 is 11.6 Å². The number of anilines is 2. The zero-order chi connectivity index (χ0) is 28.1. The number of esters is 1. The fourth-order valence-electron chi connectivity index (χ4n) is 4.99. The van der Waals surface area contributed by atoms with Gasteiger partial charge in [0.1, 0.15) is 30.2 Å². The number of benzene rings is 2. The van der Waals surface area contributed by atoms with Crippen LogP contribution in [0, 0.1) is 5.82 Å². The largest absolute Gasteiger partial charge is 0.490 e. The molecule has 9 nitrogen and oxygen atoms in total. The third-order valence-corrected chi connectivity index (χ3v) is 7.09. The average molecular weight is 573 g/mol. The number of fused-ring (bicyclic) bond motifs is 1. The number of nitrogens with one attached hydrogen (secondary N) is 1. The van der Waals surface area contributed by atoms with Crippen molar-refractivity contribution in [1.29, 1.82) is 0 Å². The van der Waals surface area contributed by atoms with Crippen LogP contribution in [0.3, 0.4) is 0 Å². The van der Waals surface area contributed by atoms with E-state index in [0.717, 1.165) is 44.2 Å². The van der Waals surface area contributed by atoms with Crippen LogP contribution in [0.4, 0.5) is 15.9 Å². The second-order valence-electron chi connectivity index (χ2n) is 10.7. The zero-order valence-electron chi connectivity index (χ0n) is 22.8. The summed E-state index contributed by atoms with van der Waals surface area (Å²) in [7, 11) is 0. The van der Waals surface area contributed by atoms with Crippen molar-refractivity contribution < 1.29 is 28.1 Å². The van der Waals surface area contributed by atoms with E-state index in [9.17, 15) is 9.18 Å². The second kappa shape index (κ2) is 12.5. The molecule has 2 aliphatic heterocycles. The van der Waals surface area contributed by atoms with E-state index in [0.29, 0.717) is 54.8 Å². The third-order valence-electron chi connectivity index (χ3n) is 6.81. The van der Waals surface area contributed by atoms with Crippen LogP contribution < -0.4 is 14.8 Å². The van der Waals surface area contributed by atoms with Gasteiger partial charge in [-0.25, -0.2) is 14.4 Å². The number of cyclic esters (lactones) is 1. The molecule has 1 atom stereocenters. The molecule has 2 saturated heterocycles. The Bertz CT molecular complexity index is 1350. The minimum absolute atomic E-state index is 0.0159. The van der Waals surface area contributed by atoms with Gasteiger partial charge >= 0.3 is 5.97 Å². The molecule has 2 aliphatic rings. The highest BCUT2D eigenvalue weighted by Crippen LogP contribution is 2.36. The molecule has 3 heterocycles. The Morgan fingerprint density at radius 2 is 2.02 bits per heavy atom. The first-order chi connectivity index (χ1) is 19.3. The Kier molecular flexibility index (Phi) is 8.87. The molecule has 5 rings (SSSR count). The van der Waals surface area contributed by atoms with Gasteiger partial charge in [-0.15, -0.1) is 0 Å². The predicted octanol–water partition coefficient (Wildman–Crippen LogP) is 5.52. The summed E-state index contributed by atoms with van der Waals surface area (Å²) in [4.78, 5) is 22.8. The fourth-order valence-corrected chi connectivity index (χ4v) is 5.17. The van der Waals surface area contributed by atoms with Crippen molar-refractivity contribution in [2.75, 3.05) is 44.8 Å². The topological polar surface area (TPSA) is 95.0 Å². The van der Waals surface area contributed by atoms with Crippen molar-refractivity contribution in [3.8, 4) is 11.5 Å². The lowest BCUT2D eigenvalue weighted by Crippen LogP contribution is -2.50. The number of ether oxygens (including phenoxy) is 4. The highest BCUT2D eigenvalue weighted by Gasteiger charge is 2.32. The molecule has 1 unspecified atom stereocenters. The molecule has 2 fully saturated rings. The minimum atomic E-state index is -0.493. The van der Waals surface area contributed by atoms with Crippen LogP contribution in [0.15, 0.2) is 36.7 Å². The average Bonchev–Trinajstić information content (AvgIpc) is 3.42. The van der Waals surface area contributed by atoms with Crippen molar-refractivity contribution in [3.63, 3.8) is 0 Å². The van der Waals surface area contributed by atoms with E-state index in [1.54, 1.807) is 6.07 Å². The van der Waals surface area contributed by atoms with Crippen LogP contribution in [-0.4, -0.2) is 72.0 Å². The summed E-state index contributed by atoms with van der Waals surface area (Å²) >= 11 is 5.97. The Balaban J connectivity index is 1.29. The molecule has 0 aliphatic carbocycles. The van der Waals surface area contributed by atoms with Crippen molar-refractivity contribution in [2.45, 2.75) is 51.2 Å². The molecule has 1 aromatic heterocycles. The lowest BCUT2D eigenvalue weighted by atomic mass is 10.1. The first-order valence-electron chi connectivity index (χ1n) is 13.6. The molecule has 40 heavy (non-hydrogen) atoms. The summed E-state index contributed by atoms with van der Waals surface area (Å²) in [6.07, 6.45) is 5.15. The van der Waals surface area contributed by atoms with Crippen molar-refractivity contribution >= 4 is 40.0 Å². The summed E-state index contributed by atoms with van der Waals surface area (Å²) in [5.74, 6) is 1.00. The van der Waals surface area contributed by atoms with Gasteiger partial charge < -0.3 is 24.3 Å². The maximum atomic E-state index is 13.7. The predicted molar refractivity (Wildman–Crippen MR) is 150 cm³/mol. The summed E-state index contributed by atoms with van der Waals surface area (Å²) in [5, 5.41) is 3.93. The van der Waals surface area contributed by atoms with Crippen molar-refractivity contribution in [2.24, 2.45) is 0 Å². The van der Waals surface area contributed by atoms with Gasteiger partial charge in [-0.3, -0.25) is 9.69 Å². The SMILES string of the molecule is CC1(C)CN(CCCCOc2cc3c(Nc4ccc(F)c(Cl)c4)ncnc3cc2OCC2CCCO2)CC(=O)O1. The van der Waals surface area contributed by atoms with E-state index in [4.69, 9.17) is 30.5 Å². The molecular formula is C29H34ClFN4O5. The number of morpholine rings is 1. The molecule has 0 amide bonds. The quantitative estimate of drug-likeness (QED) is 0.235. The number of hydrogen-bond donors (Lipinski definition) is 1. The lowest BCUT2D eigenvalue weighted by Gasteiger charge is -2.37. The molecule has 0 spiro atoms. The summed E-state index contributed by atoms with van der Waals surface area (Å²) in [5.41, 5.74) is 0.788. The van der Waals surface area contributed by atoms with E-state index in [1.165, 1.54) is 18.5 Å². The Morgan fingerprint density at radius 1 is 1.18 bits per heavy atom. The molecule has 214 valence electrons. The standard InChI is InChI=1S/C29H34ClFN4O5/c1-29(2)17-35(15-27(36)40-29)9-3-4-10-38-25-13-21-24(14-26(25)39-16-20-6-5-11-37-20)32-18-33-28(21)34-19-7-8-23(31)22(30)12-19/h7-8,12-14,18,20H,3-6,9-11,15-17H2,1-2H3,(H,32,33,34). The first-order valence-corrected chi connectivity index (χ1v) is 14.0. The summed E-state index contributed by atoms with van der Waals surface area (Å²) < 4.78 is 37.1. The van der Waals surface area contributed by atoms with Crippen molar-refractivity contribution in [3.05, 3.63) is 47.5 Å². The molecular weight excluding hydrogens is 539 g/mol. The number of unbranched alkanes of at least 4 members (excludes halogenated alkanes) is 1. The third kappa shape index (κ3) is 7.30. The normalized spacial score (nSPS) is 19.0. The minimum Gasteiger partial charge on any atom is -0.490 e. The number of nitrogens with zero attached hydrogens (tertiary/aromatic N) is 3. The van der Waals surface area contributed by atoms with Gasteiger partial charge in [-0.05, 0) is 70.3 Å². The van der Waals surface area contributed by atoms with E-state index in [2.05, 4.69) is 20.2 Å². The zero-order valence-corrected chi connectivity index (χ0v) is 23.5. The number of halogens is 2. The number of carbonyl (C=O) groups excluding carboxylic acids is 1. The van der Waals surface area contributed by atoms with Crippen LogP contribution in [0.1, 0.15) is 39.5 Å². The van der Waals surface area contributed by atoms with E-state index >= 15 is 0 Å². The van der Waals surface area contributed by atoms with Gasteiger partial charge in [0.05, 0.1) is 29.8 Å². The van der Waals surface area contributed by atoms with Gasteiger partial charge in [0.15, 0.2) is 11.5 Å². The molecule has 2 aromatic carbocycles. The van der Waals surface area contributed by atoms with Gasteiger partial charge in [0.2, 0.25) is 0 Å². The van der Waals surface area contributed by atoms with Crippen LogP contribution in [0.25, 0.3) is 10.9 Å². The molecule has 0 saturated carbocycles. The van der Waals surface area contributed by atoms with Crippen LogP contribution in [-0.2, 0) is 14.3 Å². The maximum absolute atomic E-state index is 13.7. The maximum Gasteiger partial charge on any atom is 0.320 e. The van der Waals surface area contributed by atoms with Gasteiger partial charge in [0.25, 0.3) is 0 Å². The van der Waals surface area contributed by atoms with Crippen molar-refractivity contribution in [1.82, 2.24) is 14.9 Å². The van der Waals surface area contributed by atoms with Gasteiger partial charge in [-0.2, -0.15) is 0 Å². The number of rotatable bonds is 11. The highest BCUT2D eigenvalue weighted by atomic mass is 35.5. The molecule has 11 heteroatoms. The Morgan fingerprint density at radius 3 is 2.80 bits per heavy atom. The van der Waals surface area contributed by atoms with E-state index in [-0.39, 0.29) is 17.1 Å². The van der Waals surface area contributed by atoms with Crippen LogP contribution in [0.5, 0.6) is 11.5 Å². The Labute approximate surface area is 237 Å². The lowest BCUT2D eigenvalue weighted by molar-refractivity contribution is -0.169. The molecule has 3 aromatic rings. The van der Waals surface area contributed by atoms with Gasteiger partial charge in [0, 0.05) is 30.3 Å². The van der Waals surface area contributed by atoms with E-state index in [1.807, 2.05) is 26.0 Å². The Hall–Kier alpha value is -3.21. The van der Waals surface area contributed by atoms with Crippen LogP contribution in [0.2, 0.25) is 5.02 Å². The number of carbonyl (C=O) groups is 1. The summed E-state index contributed by atoms with van der Waals surface area (Å²) in [6, 6.07) is 8.09. The second-order valence-corrected chi connectivity index (χ2v) is 11.1. The molecule has 0 bridgehead atoms. The highest BCUT2D eigenvalue weighted by molar-refractivity contribution is 6.31. The number of aromatic nitrogens is 2. The van der Waals surface area contributed by atoms with Gasteiger partial charge in [-0.1, -0.05) is 11.6 Å². The molecule has 1 N–H and O–H groups in total.